The van der Waals surface area contributed by atoms with Crippen molar-refractivity contribution in [1.29, 1.82) is 0 Å². The summed E-state index contributed by atoms with van der Waals surface area (Å²) in [5, 5.41) is 13.8. The molecule has 6 heteroatoms. The van der Waals surface area contributed by atoms with E-state index in [1.807, 2.05) is 0 Å². The van der Waals surface area contributed by atoms with Crippen LogP contribution < -0.4 is 5.32 Å². The number of anilines is 1. The number of rotatable bonds is 3. The molecule has 3 rings (SSSR count). The smallest absolute Gasteiger partial charge is 0.270 e. The van der Waals surface area contributed by atoms with Crippen molar-refractivity contribution in [2.45, 2.75) is 45.3 Å². The van der Waals surface area contributed by atoms with E-state index in [0.29, 0.717) is 16.8 Å². The third kappa shape index (κ3) is 2.51. The van der Waals surface area contributed by atoms with E-state index in [1.165, 1.54) is 12.1 Å². The van der Waals surface area contributed by atoms with Crippen molar-refractivity contribution < 1.29 is 14.5 Å². The Labute approximate surface area is 122 Å². The molecule has 1 N–H and O–H groups in total. The number of non-ortho nitro benzene ring substituents is 1. The number of amides is 1. The first-order chi connectivity index (χ1) is 9.95. The number of nitro benzene ring substituents is 1. The molecule has 3 unspecified atom stereocenters. The molecule has 0 saturated carbocycles. The third-order valence-corrected chi connectivity index (χ3v) is 4.42. The van der Waals surface area contributed by atoms with Gasteiger partial charge in [-0.05, 0) is 44.2 Å². The minimum atomic E-state index is -0.421. The summed E-state index contributed by atoms with van der Waals surface area (Å²) in [4.78, 5) is 22.8. The minimum absolute atomic E-state index is 0.0358. The van der Waals surface area contributed by atoms with Crippen LogP contribution in [0.2, 0.25) is 0 Å². The number of carbonyl (C=O) groups excluding carboxylic acids is 1. The van der Waals surface area contributed by atoms with Crippen LogP contribution in [0, 0.1) is 29.9 Å². The Balaban J connectivity index is 1.78. The Morgan fingerprint density at radius 2 is 2.00 bits per heavy atom. The molecule has 2 fully saturated rings. The average molecular weight is 290 g/mol. The molecular formula is C15H18N2O4. The van der Waals surface area contributed by atoms with Gasteiger partial charge in [0.2, 0.25) is 5.91 Å². The molecular weight excluding hydrogens is 272 g/mol. The molecule has 2 bridgehead atoms. The fourth-order valence-corrected chi connectivity index (χ4v) is 3.37. The standard InChI is InChI=1S/C15H18N2O4/c1-8-5-10(17(19)20)6-9(2)14(8)16-15(18)12-7-11-3-4-13(12)21-11/h5-6,11-13H,3-4,7H2,1-2H3,(H,16,18). The van der Waals surface area contributed by atoms with Gasteiger partial charge >= 0.3 is 0 Å². The molecule has 1 aromatic rings. The highest BCUT2D eigenvalue weighted by molar-refractivity contribution is 5.95. The maximum atomic E-state index is 12.4. The number of fused-ring (bicyclic) bond motifs is 2. The molecule has 0 radical (unpaired) electrons. The van der Waals surface area contributed by atoms with Gasteiger partial charge in [0.1, 0.15) is 0 Å². The zero-order chi connectivity index (χ0) is 15.1. The zero-order valence-electron chi connectivity index (χ0n) is 12.1. The van der Waals surface area contributed by atoms with Gasteiger partial charge < -0.3 is 10.1 Å². The number of carbonyl (C=O) groups is 1. The maximum Gasteiger partial charge on any atom is 0.270 e. The minimum Gasteiger partial charge on any atom is -0.374 e. The number of nitrogens with one attached hydrogen (secondary N) is 1. The summed E-state index contributed by atoms with van der Waals surface area (Å²) in [6.45, 7) is 3.54. The van der Waals surface area contributed by atoms with Crippen LogP contribution in [0.3, 0.4) is 0 Å². The quantitative estimate of drug-likeness (QED) is 0.685. The van der Waals surface area contributed by atoms with Crippen LogP contribution in [0.15, 0.2) is 12.1 Å². The summed E-state index contributed by atoms with van der Waals surface area (Å²) in [5.74, 6) is -0.139. The van der Waals surface area contributed by atoms with E-state index in [2.05, 4.69) is 5.32 Å². The third-order valence-electron chi connectivity index (χ3n) is 4.42. The summed E-state index contributed by atoms with van der Waals surface area (Å²) < 4.78 is 5.70. The Morgan fingerprint density at radius 3 is 2.48 bits per heavy atom. The lowest BCUT2D eigenvalue weighted by atomic mass is 9.88. The largest absolute Gasteiger partial charge is 0.374 e. The van der Waals surface area contributed by atoms with Crippen molar-refractivity contribution >= 4 is 17.3 Å². The van der Waals surface area contributed by atoms with Gasteiger partial charge in [-0.15, -0.1) is 0 Å². The molecule has 112 valence electrons. The molecule has 2 saturated heterocycles. The molecule has 1 aromatic carbocycles. The van der Waals surface area contributed by atoms with Gasteiger partial charge in [-0.25, -0.2) is 0 Å². The van der Waals surface area contributed by atoms with Gasteiger partial charge in [-0.2, -0.15) is 0 Å². The fraction of sp³-hybridized carbons (Fsp3) is 0.533. The molecule has 0 aromatic heterocycles. The van der Waals surface area contributed by atoms with Crippen LogP contribution in [-0.2, 0) is 9.53 Å². The van der Waals surface area contributed by atoms with E-state index >= 15 is 0 Å². The second-order valence-electron chi connectivity index (χ2n) is 5.92. The number of aryl methyl sites for hydroxylation is 2. The molecule has 3 atom stereocenters. The fourth-order valence-electron chi connectivity index (χ4n) is 3.37. The molecule has 1 amide bonds. The number of hydrogen-bond acceptors (Lipinski definition) is 4. The summed E-state index contributed by atoms with van der Waals surface area (Å²) >= 11 is 0. The van der Waals surface area contributed by atoms with Crippen LogP contribution in [0.5, 0.6) is 0 Å². The summed E-state index contributed by atoms with van der Waals surface area (Å²) in [6, 6.07) is 2.97. The van der Waals surface area contributed by atoms with E-state index in [-0.39, 0.29) is 29.7 Å². The lowest BCUT2D eigenvalue weighted by Crippen LogP contribution is -2.31. The average Bonchev–Trinajstić information content (AvgIpc) is 3.04. The Morgan fingerprint density at radius 1 is 1.33 bits per heavy atom. The first kappa shape index (κ1) is 14.0. The van der Waals surface area contributed by atoms with Crippen LogP contribution in [0.4, 0.5) is 11.4 Å². The van der Waals surface area contributed by atoms with Gasteiger partial charge in [0.15, 0.2) is 0 Å². The predicted molar refractivity (Wildman–Crippen MR) is 77.2 cm³/mol. The van der Waals surface area contributed by atoms with Crippen molar-refractivity contribution in [3.05, 3.63) is 33.4 Å². The number of hydrogen-bond donors (Lipinski definition) is 1. The number of nitro groups is 1. The van der Waals surface area contributed by atoms with Crippen molar-refractivity contribution in [1.82, 2.24) is 0 Å². The number of nitrogens with zero attached hydrogens (tertiary/aromatic N) is 1. The highest BCUT2D eigenvalue weighted by Gasteiger charge is 2.44. The van der Waals surface area contributed by atoms with Crippen LogP contribution >= 0.6 is 0 Å². The van der Waals surface area contributed by atoms with Gasteiger partial charge in [0.05, 0.1) is 23.0 Å². The van der Waals surface area contributed by atoms with Gasteiger partial charge in [0, 0.05) is 17.8 Å². The van der Waals surface area contributed by atoms with Gasteiger partial charge in [-0.3, -0.25) is 14.9 Å². The molecule has 0 aliphatic carbocycles. The number of benzene rings is 1. The van der Waals surface area contributed by atoms with Gasteiger partial charge in [0.25, 0.3) is 5.69 Å². The molecule has 2 aliphatic rings. The molecule has 6 nitrogen and oxygen atoms in total. The topological polar surface area (TPSA) is 81.5 Å². The van der Waals surface area contributed by atoms with Crippen molar-refractivity contribution in [3.63, 3.8) is 0 Å². The summed E-state index contributed by atoms with van der Waals surface area (Å²) in [6.07, 6.45) is 3.03. The zero-order valence-corrected chi connectivity index (χ0v) is 12.1. The van der Waals surface area contributed by atoms with E-state index in [1.54, 1.807) is 13.8 Å². The van der Waals surface area contributed by atoms with E-state index in [9.17, 15) is 14.9 Å². The Hall–Kier alpha value is -1.95. The molecule has 2 aliphatic heterocycles. The van der Waals surface area contributed by atoms with Crippen LogP contribution in [0.1, 0.15) is 30.4 Å². The highest BCUT2D eigenvalue weighted by Crippen LogP contribution is 2.39. The highest BCUT2D eigenvalue weighted by atomic mass is 16.6. The van der Waals surface area contributed by atoms with E-state index < -0.39 is 4.92 Å². The van der Waals surface area contributed by atoms with Gasteiger partial charge in [-0.1, -0.05) is 0 Å². The van der Waals surface area contributed by atoms with Crippen LogP contribution in [0.25, 0.3) is 0 Å². The monoisotopic (exact) mass is 290 g/mol. The van der Waals surface area contributed by atoms with Crippen LogP contribution in [-0.4, -0.2) is 23.0 Å². The van der Waals surface area contributed by atoms with Crippen molar-refractivity contribution in [2.75, 3.05) is 5.32 Å². The Bertz CT molecular complexity index is 591. The van der Waals surface area contributed by atoms with Crippen molar-refractivity contribution in [2.24, 2.45) is 5.92 Å². The molecule has 2 heterocycles. The first-order valence-corrected chi connectivity index (χ1v) is 7.17. The van der Waals surface area contributed by atoms with Crippen molar-refractivity contribution in [3.8, 4) is 0 Å². The molecule has 21 heavy (non-hydrogen) atoms. The Kier molecular flexibility index (Phi) is 3.41. The lowest BCUT2D eigenvalue weighted by Gasteiger charge is -2.19. The maximum absolute atomic E-state index is 12.4. The summed E-state index contributed by atoms with van der Waals surface area (Å²) in [5.41, 5.74) is 2.14. The van der Waals surface area contributed by atoms with E-state index in [4.69, 9.17) is 4.74 Å². The molecule has 0 spiro atoms. The second-order valence-corrected chi connectivity index (χ2v) is 5.92. The second kappa shape index (κ2) is 5.11. The normalized spacial score (nSPS) is 26.9. The lowest BCUT2D eigenvalue weighted by molar-refractivity contribution is -0.384. The predicted octanol–water partition coefficient (Wildman–Crippen LogP) is 2.72. The SMILES string of the molecule is Cc1cc([N+](=O)[O-])cc(C)c1NC(=O)C1CC2CCC1O2. The number of ether oxygens (including phenoxy) is 1. The van der Waals surface area contributed by atoms with E-state index in [0.717, 1.165) is 19.3 Å². The first-order valence-electron chi connectivity index (χ1n) is 7.17. The summed E-state index contributed by atoms with van der Waals surface area (Å²) in [7, 11) is 0.